The molecular weight excluding hydrogens is 585 g/mol. The van der Waals surface area contributed by atoms with E-state index in [0.717, 1.165) is 36.9 Å². The van der Waals surface area contributed by atoms with E-state index < -0.39 is 6.23 Å². The normalized spacial score (nSPS) is 17.5. The molecule has 0 spiro atoms. The number of rotatable bonds is 7. The minimum Gasteiger partial charge on any atom is -0.493 e. The Hall–Kier alpha value is -2.40. The monoisotopic (exact) mass is 613 g/mol. The zero-order valence-electron chi connectivity index (χ0n) is 19.8. The maximum absolute atomic E-state index is 12.9. The molecule has 1 fully saturated rings. The molecule has 0 radical (unpaired) electrons. The fraction of sp³-hybridized carbons (Fsp3) is 0.440. The molecule has 0 saturated heterocycles. The summed E-state index contributed by atoms with van der Waals surface area (Å²) in [5.74, 6) is 1.69. The number of nitrogens with one attached hydrogen (secondary N) is 1. The molecule has 1 heterocycles. The second kappa shape index (κ2) is 12.0. The van der Waals surface area contributed by atoms with Crippen molar-refractivity contribution in [3.05, 3.63) is 40.9 Å². The molecule has 1 saturated carbocycles. The summed E-state index contributed by atoms with van der Waals surface area (Å²) in [5.41, 5.74) is 2.18. The van der Waals surface area contributed by atoms with Gasteiger partial charge in [-0.1, -0.05) is 24.4 Å². The Labute approximate surface area is 224 Å². The van der Waals surface area contributed by atoms with Gasteiger partial charge in [0.25, 0.3) is 0 Å². The summed E-state index contributed by atoms with van der Waals surface area (Å²) in [6, 6.07) is 8.90. The van der Waals surface area contributed by atoms with E-state index in [1.165, 1.54) is 12.8 Å². The lowest BCUT2D eigenvalue weighted by molar-refractivity contribution is 0.0951. The predicted octanol–water partition coefficient (Wildman–Crippen LogP) is 7.29. The van der Waals surface area contributed by atoms with E-state index in [4.69, 9.17) is 28.9 Å². The maximum atomic E-state index is 12.9. The first-order chi connectivity index (χ1) is 17.0. The van der Waals surface area contributed by atoms with Crippen LogP contribution in [0.15, 0.2) is 35.3 Å². The standard InChI is InChI=1S/C25H29ClIN3O5/c1-3-30(25(31)34-16-8-6-4-5-7-9-16)21-11-10-17(12-19(21)26)33-24-18-13-22(32-2)23(35-27)14-20(18)28-15-29-24/h10-16,24H,3-9H2,1-2H3,(H,28,29). The van der Waals surface area contributed by atoms with Gasteiger partial charge in [0, 0.05) is 24.2 Å². The predicted molar refractivity (Wildman–Crippen MR) is 146 cm³/mol. The lowest BCUT2D eigenvalue weighted by Crippen LogP contribution is -2.34. The molecule has 35 heavy (non-hydrogen) atoms. The number of methoxy groups -OCH3 is 1. The zero-order valence-corrected chi connectivity index (χ0v) is 22.7. The average molecular weight is 614 g/mol. The van der Waals surface area contributed by atoms with Crippen molar-refractivity contribution in [2.24, 2.45) is 4.99 Å². The number of benzene rings is 2. The second-order valence-electron chi connectivity index (χ2n) is 8.41. The van der Waals surface area contributed by atoms with Crippen LogP contribution in [0.25, 0.3) is 0 Å². The lowest BCUT2D eigenvalue weighted by atomic mass is 10.1. The third-order valence-electron chi connectivity index (χ3n) is 6.18. The van der Waals surface area contributed by atoms with Crippen LogP contribution in [0.5, 0.6) is 17.2 Å². The van der Waals surface area contributed by atoms with E-state index in [-0.39, 0.29) is 12.2 Å². The van der Waals surface area contributed by atoms with Crippen molar-refractivity contribution in [1.82, 2.24) is 0 Å². The van der Waals surface area contributed by atoms with Crippen LogP contribution >= 0.6 is 34.6 Å². The number of halogens is 2. The van der Waals surface area contributed by atoms with Crippen molar-refractivity contribution in [3.63, 3.8) is 0 Å². The summed E-state index contributed by atoms with van der Waals surface area (Å²) in [4.78, 5) is 18.9. The number of aliphatic imine (C=N–C) groups is 1. The SMILES string of the molecule is CCN(C(=O)OC1CCCCCC1)c1ccc(OC2N=CNc3cc(OI)c(OC)cc32)cc1Cl. The third-order valence-corrected chi connectivity index (χ3v) is 6.96. The number of nitrogens with zero attached hydrogens (tertiary/aromatic N) is 2. The van der Waals surface area contributed by atoms with Crippen molar-refractivity contribution < 1.29 is 22.1 Å². The molecule has 8 nitrogen and oxygen atoms in total. The van der Waals surface area contributed by atoms with Gasteiger partial charge in [0.15, 0.2) is 34.5 Å². The van der Waals surface area contributed by atoms with Crippen LogP contribution in [0.2, 0.25) is 5.02 Å². The van der Waals surface area contributed by atoms with E-state index in [9.17, 15) is 4.79 Å². The summed E-state index contributed by atoms with van der Waals surface area (Å²) in [6.07, 6.45) is 6.99. The number of carbonyl (C=O) groups excluding carboxylic acids is 1. The summed E-state index contributed by atoms with van der Waals surface area (Å²) in [7, 11) is 1.58. The highest BCUT2D eigenvalue weighted by Crippen LogP contribution is 2.41. The van der Waals surface area contributed by atoms with Gasteiger partial charge in [-0.25, -0.2) is 9.79 Å². The first-order valence-electron chi connectivity index (χ1n) is 11.8. The van der Waals surface area contributed by atoms with Crippen LogP contribution in [0.4, 0.5) is 16.2 Å². The number of carbonyl (C=O) groups is 1. The molecule has 1 unspecified atom stereocenters. The van der Waals surface area contributed by atoms with Gasteiger partial charge in [0.05, 0.1) is 29.8 Å². The molecule has 2 aromatic rings. The molecule has 188 valence electrons. The fourth-order valence-corrected chi connectivity index (χ4v) is 4.96. The molecule has 1 amide bonds. The first kappa shape index (κ1) is 25.7. The second-order valence-corrected chi connectivity index (χ2v) is 9.26. The van der Waals surface area contributed by atoms with Gasteiger partial charge in [0.2, 0.25) is 6.23 Å². The minimum atomic E-state index is -0.604. The number of anilines is 2. The Bertz CT molecular complexity index is 1080. The highest BCUT2D eigenvalue weighted by Gasteiger charge is 2.25. The van der Waals surface area contributed by atoms with Gasteiger partial charge >= 0.3 is 6.09 Å². The maximum Gasteiger partial charge on any atom is 0.414 e. The molecule has 0 aromatic heterocycles. The molecule has 2 aromatic carbocycles. The van der Waals surface area contributed by atoms with Gasteiger partial charge in [-0.3, -0.25) is 4.90 Å². The molecule has 1 aliphatic heterocycles. The van der Waals surface area contributed by atoms with Crippen LogP contribution in [-0.2, 0) is 4.74 Å². The molecule has 1 atom stereocenters. The Morgan fingerprint density at radius 1 is 1.17 bits per heavy atom. The summed E-state index contributed by atoms with van der Waals surface area (Å²) >= 11 is 8.42. The minimum absolute atomic E-state index is 0.0339. The molecule has 4 rings (SSSR count). The van der Waals surface area contributed by atoms with E-state index in [2.05, 4.69) is 10.3 Å². The van der Waals surface area contributed by atoms with Crippen LogP contribution in [0, 0.1) is 0 Å². The van der Waals surface area contributed by atoms with E-state index in [1.54, 1.807) is 36.5 Å². The number of amides is 1. The highest BCUT2D eigenvalue weighted by molar-refractivity contribution is 14.1. The van der Waals surface area contributed by atoms with E-state index >= 15 is 0 Å². The van der Waals surface area contributed by atoms with Crippen molar-refractivity contribution in [3.8, 4) is 17.2 Å². The Morgan fingerprint density at radius 3 is 2.60 bits per heavy atom. The largest absolute Gasteiger partial charge is 0.493 e. The topological polar surface area (TPSA) is 81.6 Å². The molecular formula is C25H29ClIN3O5. The third kappa shape index (κ3) is 6.06. The number of hydrogen-bond donors (Lipinski definition) is 1. The molecule has 1 N–H and O–H groups in total. The zero-order chi connectivity index (χ0) is 24.8. The van der Waals surface area contributed by atoms with E-state index in [1.807, 2.05) is 42.1 Å². The van der Waals surface area contributed by atoms with Crippen LogP contribution in [0.1, 0.15) is 57.2 Å². The quantitative estimate of drug-likeness (QED) is 0.261. The molecule has 10 heteroatoms. The summed E-state index contributed by atoms with van der Waals surface area (Å²) in [5, 5.41) is 3.50. The molecule has 0 bridgehead atoms. The molecule has 2 aliphatic rings. The summed E-state index contributed by atoms with van der Waals surface area (Å²) < 4.78 is 22.7. The van der Waals surface area contributed by atoms with Crippen LogP contribution in [0.3, 0.4) is 0 Å². The van der Waals surface area contributed by atoms with Crippen LogP contribution < -0.4 is 22.8 Å². The van der Waals surface area contributed by atoms with Crippen LogP contribution in [-0.4, -0.2) is 32.2 Å². The van der Waals surface area contributed by atoms with Gasteiger partial charge < -0.3 is 22.6 Å². The van der Waals surface area contributed by atoms with Crippen molar-refractivity contribution >= 4 is 58.4 Å². The molecule has 1 aliphatic carbocycles. The first-order valence-corrected chi connectivity index (χ1v) is 13.0. The van der Waals surface area contributed by atoms with Crippen molar-refractivity contribution in [2.75, 3.05) is 23.9 Å². The Balaban J connectivity index is 1.50. The van der Waals surface area contributed by atoms with Gasteiger partial charge in [-0.05, 0) is 50.8 Å². The Morgan fingerprint density at radius 2 is 1.94 bits per heavy atom. The van der Waals surface area contributed by atoms with E-state index in [0.29, 0.717) is 34.5 Å². The Kier molecular flexibility index (Phi) is 8.83. The van der Waals surface area contributed by atoms with Gasteiger partial charge in [0.1, 0.15) is 11.9 Å². The smallest absolute Gasteiger partial charge is 0.414 e. The fourth-order valence-electron chi connectivity index (χ4n) is 4.35. The number of fused-ring (bicyclic) bond motifs is 1. The van der Waals surface area contributed by atoms with Gasteiger partial charge in [-0.15, -0.1) is 0 Å². The average Bonchev–Trinajstić information content (AvgIpc) is 3.13. The summed E-state index contributed by atoms with van der Waals surface area (Å²) in [6.45, 7) is 2.34. The highest BCUT2D eigenvalue weighted by atomic mass is 127. The van der Waals surface area contributed by atoms with Gasteiger partial charge in [-0.2, -0.15) is 0 Å². The lowest BCUT2D eigenvalue weighted by Gasteiger charge is -2.26. The van der Waals surface area contributed by atoms with Crippen molar-refractivity contribution in [2.45, 2.75) is 57.8 Å². The number of ether oxygens (including phenoxy) is 3. The van der Waals surface area contributed by atoms with Crippen molar-refractivity contribution in [1.29, 1.82) is 0 Å². The number of hydrogen-bond acceptors (Lipinski definition) is 7.